The SMILES string of the molecule is CCNCc1ccccc1.OCc1ccc(O)c(Cc2ccccc2)c1. The van der Waals surface area contributed by atoms with Gasteiger partial charge in [0, 0.05) is 13.0 Å². The van der Waals surface area contributed by atoms with Crippen LogP contribution in [0.25, 0.3) is 0 Å². The van der Waals surface area contributed by atoms with E-state index >= 15 is 0 Å². The van der Waals surface area contributed by atoms with Crippen LogP contribution < -0.4 is 5.32 Å². The molecule has 3 nitrogen and oxygen atoms in total. The van der Waals surface area contributed by atoms with Gasteiger partial charge in [0.05, 0.1) is 6.61 Å². The van der Waals surface area contributed by atoms with Crippen LogP contribution in [0.3, 0.4) is 0 Å². The standard InChI is InChI=1S/C14H14O2.C9H13N/c15-10-12-6-7-14(16)13(9-12)8-11-4-2-1-3-5-11;1-2-10-8-9-6-4-3-5-7-9/h1-7,9,15-16H,8,10H2;3-7,10H,2,8H2,1H3. The Kier molecular flexibility index (Phi) is 8.40. The molecule has 0 atom stereocenters. The van der Waals surface area contributed by atoms with Crippen LogP contribution >= 0.6 is 0 Å². The minimum Gasteiger partial charge on any atom is -0.508 e. The van der Waals surface area contributed by atoms with Gasteiger partial charge in [-0.05, 0) is 40.9 Å². The Morgan fingerprint density at radius 1 is 0.769 bits per heavy atom. The van der Waals surface area contributed by atoms with Gasteiger partial charge in [-0.25, -0.2) is 0 Å². The maximum Gasteiger partial charge on any atom is 0.119 e. The summed E-state index contributed by atoms with van der Waals surface area (Å²) in [6.07, 6.45) is 0.681. The van der Waals surface area contributed by atoms with Crippen LogP contribution in [0, 0.1) is 0 Å². The summed E-state index contributed by atoms with van der Waals surface area (Å²) in [7, 11) is 0. The quantitative estimate of drug-likeness (QED) is 0.623. The summed E-state index contributed by atoms with van der Waals surface area (Å²) in [4.78, 5) is 0. The van der Waals surface area contributed by atoms with E-state index in [0.29, 0.717) is 6.42 Å². The predicted octanol–water partition coefficient (Wildman–Crippen LogP) is 4.27. The maximum atomic E-state index is 9.71. The first-order valence-corrected chi connectivity index (χ1v) is 8.93. The van der Waals surface area contributed by atoms with Crippen molar-refractivity contribution in [2.75, 3.05) is 6.54 Å². The fourth-order valence-electron chi connectivity index (χ4n) is 2.56. The zero-order valence-corrected chi connectivity index (χ0v) is 15.2. The highest BCUT2D eigenvalue weighted by atomic mass is 16.3. The van der Waals surface area contributed by atoms with Crippen molar-refractivity contribution in [3.63, 3.8) is 0 Å². The van der Waals surface area contributed by atoms with Gasteiger partial charge in [0.15, 0.2) is 0 Å². The number of hydrogen-bond donors (Lipinski definition) is 3. The van der Waals surface area contributed by atoms with Crippen LogP contribution in [-0.2, 0) is 19.6 Å². The van der Waals surface area contributed by atoms with E-state index in [9.17, 15) is 5.11 Å². The molecular formula is C23H27NO2. The Hall–Kier alpha value is -2.62. The third-order valence-electron chi connectivity index (χ3n) is 3.99. The first-order chi connectivity index (χ1) is 12.7. The molecule has 26 heavy (non-hydrogen) atoms. The molecule has 0 bridgehead atoms. The topological polar surface area (TPSA) is 52.5 Å². The second-order valence-corrected chi connectivity index (χ2v) is 6.05. The van der Waals surface area contributed by atoms with Crippen LogP contribution in [0.4, 0.5) is 0 Å². The lowest BCUT2D eigenvalue weighted by molar-refractivity contribution is 0.281. The summed E-state index contributed by atoms with van der Waals surface area (Å²) in [6, 6.07) is 25.6. The molecule has 3 N–H and O–H groups in total. The highest BCUT2D eigenvalue weighted by Gasteiger charge is 2.03. The Morgan fingerprint density at radius 3 is 1.96 bits per heavy atom. The molecule has 3 aromatic rings. The maximum absolute atomic E-state index is 9.71. The average Bonchev–Trinajstić information content (AvgIpc) is 2.70. The molecular weight excluding hydrogens is 322 g/mol. The van der Waals surface area contributed by atoms with Gasteiger partial charge in [0.2, 0.25) is 0 Å². The van der Waals surface area contributed by atoms with E-state index in [1.807, 2.05) is 42.5 Å². The highest BCUT2D eigenvalue weighted by Crippen LogP contribution is 2.21. The lowest BCUT2D eigenvalue weighted by Gasteiger charge is -2.06. The second kappa shape index (κ2) is 11.1. The van der Waals surface area contributed by atoms with E-state index in [2.05, 4.69) is 36.5 Å². The summed E-state index contributed by atoms with van der Waals surface area (Å²) in [6.45, 7) is 4.14. The van der Waals surface area contributed by atoms with Gasteiger partial charge in [-0.1, -0.05) is 73.7 Å². The lowest BCUT2D eigenvalue weighted by atomic mass is 10.0. The molecule has 3 aromatic carbocycles. The minimum absolute atomic E-state index is 0.00205. The van der Waals surface area contributed by atoms with Gasteiger partial charge < -0.3 is 15.5 Å². The largest absolute Gasteiger partial charge is 0.508 e. The van der Waals surface area contributed by atoms with Crippen molar-refractivity contribution in [3.05, 3.63) is 101 Å². The molecule has 0 unspecified atom stereocenters. The zero-order chi connectivity index (χ0) is 18.6. The number of aromatic hydroxyl groups is 1. The number of phenols is 1. The highest BCUT2D eigenvalue weighted by molar-refractivity contribution is 5.39. The number of aliphatic hydroxyl groups excluding tert-OH is 1. The smallest absolute Gasteiger partial charge is 0.119 e. The van der Waals surface area contributed by atoms with Crippen LogP contribution in [-0.4, -0.2) is 16.8 Å². The van der Waals surface area contributed by atoms with Crippen LogP contribution in [0.5, 0.6) is 5.75 Å². The molecule has 136 valence electrons. The first kappa shape index (κ1) is 19.7. The number of hydrogen-bond acceptors (Lipinski definition) is 3. The molecule has 3 heteroatoms. The molecule has 3 rings (SSSR count). The molecule has 0 saturated heterocycles. The van der Waals surface area contributed by atoms with E-state index < -0.39 is 0 Å². The van der Waals surface area contributed by atoms with Crippen molar-refractivity contribution in [3.8, 4) is 5.75 Å². The molecule has 0 aliphatic rings. The Morgan fingerprint density at radius 2 is 1.38 bits per heavy atom. The molecule has 0 spiro atoms. The fourth-order valence-corrected chi connectivity index (χ4v) is 2.56. The zero-order valence-electron chi connectivity index (χ0n) is 15.2. The van der Waals surface area contributed by atoms with E-state index in [0.717, 1.165) is 29.8 Å². The van der Waals surface area contributed by atoms with Crippen molar-refractivity contribution in [2.24, 2.45) is 0 Å². The molecule has 0 fully saturated rings. The van der Waals surface area contributed by atoms with Gasteiger partial charge >= 0.3 is 0 Å². The molecule has 0 radical (unpaired) electrons. The number of benzene rings is 3. The third kappa shape index (κ3) is 6.71. The molecule has 0 aliphatic heterocycles. The van der Waals surface area contributed by atoms with E-state index in [1.54, 1.807) is 12.1 Å². The normalized spacial score (nSPS) is 10.1. The van der Waals surface area contributed by atoms with Crippen molar-refractivity contribution in [1.82, 2.24) is 5.32 Å². The number of rotatable bonds is 6. The van der Waals surface area contributed by atoms with Crippen LogP contribution in [0.1, 0.15) is 29.2 Å². The number of phenolic OH excluding ortho intramolecular Hbond substituents is 1. The number of aliphatic hydroxyl groups is 1. The van der Waals surface area contributed by atoms with Gasteiger partial charge in [0.25, 0.3) is 0 Å². The summed E-state index contributed by atoms with van der Waals surface area (Å²) < 4.78 is 0. The van der Waals surface area contributed by atoms with E-state index in [-0.39, 0.29) is 12.4 Å². The molecule has 0 aromatic heterocycles. The van der Waals surface area contributed by atoms with Crippen LogP contribution in [0.2, 0.25) is 0 Å². The van der Waals surface area contributed by atoms with Crippen molar-refractivity contribution in [2.45, 2.75) is 26.5 Å². The van der Waals surface area contributed by atoms with Gasteiger partial charge in [-0.3, -0.25) is 0 Å². The first-order valence-electron chi connectivity index (χ1n) is 8.93. The van der Waals surface area contributed by atoms with Crippen molar-refractivity contribution < 1.29 is 10.2 Å². The molecule has 0 amide bonds. The monoisotopic (exact) mass is 349 g/mol. The predicted molar refractivity (Wildman–Crippen MR) is 107 cm³/mol. The summed E-state index contributed by atoms with van der Waals surface area (Å²) >= 11 is 0. The van der Waals surface area contributed by atoms with Gasteiger partial charge in [0.1, 0.15) is 5.75 Å². The molecule has 0 heterocycles. The summed E-state index contributed by atoms with van der Waals surface area (Å²) in [5.74, 6) is 0.279. The Balaban J connectivity index is 0.000000209. The van der Waals surface area contributed by atoms with Gasteiger partial charge in [-0.2, -0.15) is 0 Å². The average molecular weight is 349 g/mol. The lowest BCUT2D eigenvalue weighted by Crippen LogP contribution is -2.11. The van der Waals surface area contributed by atoms with Crippen LogP contribution in [0.15, 0.2) is 78.9 Å². The summed E-state index contributed by atoms with van der Waals surface area (Å²) in [5, 5.41) is 22.0. The number of nitrogens with one attached hydrogen (secondary N) is 1. The van der Waals surface area contributed by atoms with Crippen molar-refractivity contribution >= 4 is 0 Å². The van der Waals surface area contributed by atoms with Crippen molar-refractivity contribution in [1.29, 1.82) is 0 Å². The Labute approximate surface area is 156 Å². The van der Waals surface area contributed by atoms with E-state index in [4.69, 9.17) is 5.11 Å². The Bertz CT molecular complexity index is 758. The van der Waals surface area contributed by atoms with Gasteiger partial charge in [-0.15, -0.1) is 0 Å². The molecule has 0 saturated carbocycles. The third-order valence-corrected chi connectivity index (χ3v) is 3.99. The minimum atomic E-state index is 0.00205. The van der Waals surface area contributed by atoms with E-state index in [1.165, 1.54) is 5.56 Å². The summed E-state index contributed by atoms with van der Waals surface area (Å²) in [5.41, 5.74) is 4.17. The second-order valence-electron chi connectivity index (χ2n) is 6.05. The molecule has 0 aliphatic carbocycles. The fraction of sp³-hybridized carbons (Fsp3) is 0.217.